The summed E-state index contributed by atoms with van der Waals surface area (Å²) >= 11 is 0. The zero-order chi connectivity index (χ0) is 18.3. The minimum atomic E-state index is 0.0679. The standard InChI is InChI=1S/C22H32N2O2/c1-22(2,3)17-11-16-13-24(21(25)15-7-10-26-14-15)9-6-18(16)19(12-17)20-5-4-8-23-20/h11-12,15,20,23H,4-10,13-14H2,1-3H3/t15-,20+/m1/s1. The number of amides is 1. The molecule has 2 saturated heterocycles. The topological polar surface area (TPSA) is 41.6 Å². The Labute approximate surface area is 157 Å². The van der Waals surface area contributed by atoms with Crippen LogP contribution in [0.25, 0.3) is 0 Å². The van der Waals surface area contributed by atoms with Gasteiger partial charge in [-0.3, -0.25) is 4.79 Å². The highest BCUT2D eigenvalue weighted by atomic mass is 16.5. The largest absolute Gasteiger partial charge is 0.381 e. The molecule has 142 valence electrons. The van der Waals surface area contributed by atoms with Gasteiger partial charge in [0, 0.05) is 25.7 Å². The van der Waals surface area contributed by atoms with Crippen molar-refractivity contribution in [2.24, 2.45) is 5.92 Å². The number of carbonyl (C=O) groups is 1. The van der Waals surface area contributed by atoms with Crippen LogP contribution in [0.5, 0.6) is 0 Å². The van der Waals surface area contributed by atoms with Crippen molar-refractivity contribution in [3.63, 3.8) is 0 Å². The van der Waals surface area contributed by atoms with Crippen molar-refractivity contribution < 1.29 is 9.53 Å². The van der Waals surface area contributed by atoms with Crippen molar-refractivity contribution in [3.8, 4) is 0 Å². The second kappa shape index (κ2) is 6.97. The lowest BCUT2D eigenvalue weighted by molar-refractivity contribution is -0.136. The molecular weight excluding hydrogens is 324 g/mol. The summed E-state index contributed by atoms with van der Waals surface area (Å²) in [5.74, 6) is 0.355. The normalized spacial score (nSPS) is 26.2. The number of hydrogen-bond acceptors (Lipinski definition) is 3. The summed E-state index contributed by atoms with van der Waals surface area (Å²) in [5.41, 5.74) is 5.84. The summed E-state index contributed by atoms with van der Waals surface area (Å²) in [6.07, 6.45) is 4.33. The molecule has 1 aromatic carbocycles. The Morgan fingerprint density at radius 3 is 2.77 bits per heavy atom. The molecule has 0 radical (unpaired) electrons. The number of rotatable bonds is 2. The fourth-order valence-corrected chi connectivity index (χ4v) is 4.60. The van der Waals surface area contributed by atoms with Gasteiger partial charge in [0.1, 0.15) is 0 Å². The van der Waals surface area contributed by atoms with Gasteiger partial charge in [0.25, 0.3) is 0 Å². The molecule has 0 bridgehead atoms. The van der Waals surface area contributed by atoms with E-state index < -0.39 is 0 Å². The van der Waals surface area contributed by atoms with E-state index in [0.717, 1.165) is 39.1 Å². The average Bonchev–Trinajstić information content (AvgIpc) is 3.32. The summed E-state index contributed by atoms with van der Waals surface area (Å²) < 4.78 is 5.43. The molecule has 0 unspecified atom stereocenters. The summed E-state index contributed by atoms with van der Waals surface area (Å²) in [6, 6.07) is 5.28. The summed E-state index contributed by atoms with van der Waals surface area (Å²) in [4.78, 5) is 14.9. The van der Waals surface area contributed by atoms with E-state index in [2.05, 4.69) is 43.1 Å². The molecular formula is C22H32N2O2. The van der Waals surface area contributed by atoms with E-state index in [9.17, 15) is 4.79 Å². The van der Waals surface area contributed by atoms with Crippen LogP contribution in [-0.2, 0) is 27.9 Å². The lowest BCUT2D eigenvalue weighted by atomic mass is 9.80. The predicted octanol–water partition coefficient (Wildman–Crippen LogP) is 3.33. The molecule has 0 aliphatic carbocycles. The van der Waals surface area contributed by atoms with Crippen LogP contribution in [-0.4, -0.2) is 37.1 Å². The molecule has 1 aromatic rings. The third-order valence-electron chi connectivity index (χ3n) is 6.26. The zero-order valence-electron chi connectivity index (χ0n) is 16.4. The fourth-order valence-electron chi connectivity index (χ4n) is 4.60. The van der Waals surface area contributed by atoms with Crippen LogP contribution in [0, 0.1) is 5.92 Å². The zero-order valence-corrected chi connectivity index (χ0v) is 16.4. The van der Waals surface area contributed by atoms with Crippen LogP contribution in [0.15, 0.2) is 12.1 Å². The summed E-state index contributed by atoms with van der Waals surface area (Å²) in [6.45, 7) is 10.9. The molecule has 4 rings (SSSR count). The average molecular weight is 357 g/mol. The Morgan fingerprint density at radius 2 is 2.12 bits per heavy atom. The van der Waals surface area contributed by atoms with Crippen LogP contribution >= 0.6 is 0 Å². The Bertz CT molecular complexity index is 680. The minimum Gasteiger partial charge on any atom is -0.381 e. The maximum absolute atomic E-state index is 12.9. The molecule has 4 nitrogen and oxygen atoms in total. The van der Waals surface area contributed by atoms with Gasteiger partial charge in [0.15, 0.2) is 0 Å². The van der Waals surface area contributed by atoms with Gasteiger partial charge in [-0.2, -0.15) is 0 Å². The van der Waals surface area contributed by atoms with E-state index in [0.29, 0.717) is 12.6 Å². The van der Waals surface area contributed by atoms with Gasteiger partial charge in [-0.05, 0) is 59.9 Å². The number of nitrogens with one attached hydrogen (secondary N) is 1. The second-order valence-electron chi connectivity index (χ2n) is 9.17. The van der Waals surface area contributed by atoms with Gasteiger partial charge in [-0.15, -0.1) is 0 Å². The predicted molar refractivity (Wildman–Crippen MR) is 103 cm³/mol. The first-order valence-electron chi connectivity index (χ1n) is 10.2. The minimum absolute atomic E-state index is 0.0679. The molecule has 0 saturated carbocycles. The maximum atomic E-state index is 12.9. The van der Waals surface area contributed by atoms with Gasteiger partial charge in [0.05, 0.1) is 12.5 Å². The van der Waals surface area contributed by atoms with Crippen LogP contribution in [0.1, 0.15) is 68.3 Å². The van der Waals surface area contributed by atoms with E-state index in [1.807, 2.05) is 0 Å². The van der Waals surface area contributed by atoms with Crippen molar-refractivity contribution in [2.75, 3.05) is 26.3 Å². The molecule has 0 spiro atoms. The van der Waals surface area contributed by atoms with E-state index in [1.54, 1.807) is 0 Å². The van der Waals surface area contributed by atoms with Crippen molar-refractivity contribution in [1.29, 1.82) is 0 Å². The number of benzene rings is 1. The molecule has 1 N–H and O–H groups in total. The lowest BCUT2D eigenvalue weighted by Gasteiger charge is -2.34. The number of carbonyl (C=O) groups excluding carboxylic acids is 1. The van der Waals surface area contributed by atoms with E-state index in [4.69, 9.17) is 4.74 Å². The molecule has 2 fully saturated rings. The number of ether oxygens (including phenoxy) is 1. The Balaban J connectivity index is 1.66. The maximum Gasteiger partial charge on any atom is 0.228 e. The van der Waals surface area contributed by atoms with Crippen LogP contribution in [0.2, 0.25) is 0 Å². The van der Waals surface area contributed by atoms with Gasteiger partial charge in [0.2, 0.25) is 5.91 Å². The van der Waals surface area contributed by atoms with Crippen molar-refractivity contribution in [2.45, 2.75) is 64.5 Å². The highest BCUT2D eigenvalue weighted by molar-refractivity contribution is 5.79. The number of fused-ring (bicyclic) bond motifs is 1. The van der Waals surface area contributed by atoms with Crippen molar-refractivity contribution >= 4 is 5.91 Å². The quantitative estimate of drug-likeness (QED) is 0.884. The van der Waals surface area contributed by atoms with Crippen molar-refractivity contribution in [3.05, 3.63) is 34.4 Å². The highest BCUT2D eigenvalue weighted by Crippen LogP contribution is 2.36. The van der Waals surface area contributed by atoms with Gasteiger partial charge < -0.3 is 15.0 Å². The molecule has 3 aliphatic heterocycles. The Morgan fingerprint density at radius 1 is 1.27 bits per heavy atom. The Hall–Kier alpha value is -1.39. The second-order valence-corrected chi connectivity index (χ2v) is 9.17. The van der Waals surface area contributed by atoms with E-state index in [1.165, 1.54) is 35.1 Å². The Kier molecular flexibility index (Phi) is 4.83. The molecule has 26 heavy (non-hydrogen) atoms. The van der Waals surface area contributed by atoms with Crippen LogP contribution < -0.4 is 5.32 Å². The van der Waals surface area contributed by atoms with E-state index >= 15 is 0 Å². The molecule has 0 aromatic heterocycles. The fraction of sp³-hybridized carbons (Fsp3) is 0.682. The molecule has 3 heterocycles. The van der Waals surface area contributed by atoms with Crippen LogP contribution in [0.4, 0.5) is 0 Å². The number of hydrogen-bond donors (Lipinski definition) is 1. The molecule has 2 atom stereocenters. The first-order valence-corrected chi connectivity index (χ1v) is 10.2. The first-order chi connectivity index (χ1) is 12.4. The number of nitrogens with zero attached hydrogens (tertiary/aromatic N) is 1. The highest BCUT2D eigenvalue weighted by Gasteiger charge is 2.32. The van der Waals surface area contributed by atoms with Crippen molar-refractivity contribution in [1.82, 2.24) is 10.2 Å². The van der Waals surface area contributed by atoms with Gasteiger partial charge in [-0.1, -0.05) is 32.9 Å². The summed E-state index contributed by atoms with van der Waals surface area (Å²) in [5, 5.41) is 3.68. The van der Waals surface area contributed by atoms with E-state index in [-0.39, 0.29) is 17.2 Å². The monoisotopic (exact) mass is 356 g/mol. The third kappa shape index (κ3) is 3.41. The molecule has 4 heteroatoms. The third-order valence-corrected chi connectivity index (χ3v) is 6.26. The molecule has 3 aliphatic rings. The van der Waals surface area contributed by atoms with Gasteiger partial charge >= 0.3 is 0 Å². The smallest absolute Gasteiger partial charge is 0.228 e. The SMILES string of the molecule is CC(C)(C)c1cc2c(c([C@@H]3CCCN3)c1)CCN(C(=O)[C@@H]1CCOC1)C2. The lowest BCUT2D eigenvalue weighted by Crippen LogP contribution is -2.40. The van der Waals surface area contributed by atoms with Gasteiger partial charge in [-0.25, -0.2) is 0 Å². The van der Waals surface area contributed by atoms with Crippen LogP contribution in [0.3, 0.4) is 0 Å². The summed E-state index contributed by atoms with van der Waals surface area (Å²) in [7, 11) is 0. The molecule has 1 amide bonds. The first kappa shape index (κ1) is 18.0.